The number of aryl methyl sites for hydroxylation is 1. The largest absolute Gasteiger partial charge is 0.455 e. The first kappa shape index (κ1) is 23.4. The Morgan fingerprint density at radius 2 is 1.59 bits per heavy atom. The lowest BCUT2D eigenvalue weighted by molar-refractivity contribution is 0.0955. The van der Waals surface area contributed by atoms with Crippen LogP contribution >= 0.6 is 0 Å². The van der Waals surface area contributed by atoms with Crippen molar-refractivity contribution in [3.8, 4) is 11.3 Å². The van der Waals surface area contributed by atoms with Crippen molar-refractivity contribution in [1.82, 2.24) is 10.0 Å². The molecule has 0 spiro atoms. The highest BCUT2D eigenvalue weighted by Crippen LogP contribution is 2.27. The third-order valence-corrected chi connectivity index (χ3v) is 6.94. The van der Waals surface area contributed by atoms with Crippen LogP contribution in [0.25, 0.3) is 22.3 Å². The van der Waals surface area contributed by atoms with Crippen LogP contribution in [0.4, 0.5) is 0 Å². The highest BCUT2D eigenvalue weighted by Gasteiger charge is 2.18. The van der Waals surface area contributed by atoms with Crippen molar-refractivity contribution in [2.24, 2.45) is 0 Å². The highest BCUT2D eigenvalue weighted by atomic mass is 32.2. The van der Waals surface area contributed by atoms with Crippen molar-refractivity contribution in [3.63, 3.8) is 0 Å². The van der Waals surface area contributed by atoms with Crippen molar-refractivity contribution >= 4 is 26.9 Å². The maximum atomic E-state index is 13.0. The zero-order valence-electron chi connectivity index (χ0n) is 18.8. The number of rotatable bonds is 7. The van der Waals surface area contributed by atoms with Crippen LogP contribution in [0.1, 0.15) is 21.5 Å². The number of nitrogens with one attached hydrogen (secondary N) is 2. The van der Waals surface area contributed by atoms with E-state index >= 15 is 0 Å². The van der Waals surface area contributed by atoms with E-state index in [2.05, 4.69) is 10.0 Å². The number of amides is 1. The van der Waals surface area contributed by atoms with E-state index in [9.17, 15) is 18.0 Å². The van der Waals surface area contributed by atoms with Gasteiger partial charge in [0, 0.05) is 24.2 Å². The summed E-state index contributed by atoms with van der Waals surface area (Å²) in [6.07, 6.45) is 0. The van der Waals surface area contributed by atoms with Gasteiger partial charge >= 0.3 is 0 Å². The van der Waals surface area contributed by atoms with E-state index < -0.39 is 15.9 Å². The zero-order chi connectivity index (χ0) is 24.3. The third kappa shape index (κ3) is 4.78. The van der Waals surface area contributed by atoms with Gasteiger partial charge in [0.15, 0.2) is 11.0 Å². The number of fused-ring (bicyclic) bond motifs is 1. The molecular formula is C26H24N2O5S. The number of hydrogen-bond acceptors (Lipinski definition) is 5. The van der Waals surface area contributed by atoms with Gasteiger partial charge in [-0.1, -0.05) is 54.1 Å². The molecule has 0 aliphatic heterocycles. The molecule has 4 aromatic rings. The molecule has 0 bridgehead atoms. The monoisotopic (exact) mass is 476 g/mol. The van der Waals surface area contributed by atoms with Crippen molar-refractivity contribution in [1.29, 1.82) is 0 Å². The molecule has 0 fully saturated rings. The fraction of sp³-hybridized carbons (Fsp3) is 0.154. The lowest BCUT2D eigenvalue weighted by Gasteiger charge is -2.11. The molecule has 7 nitrogen and oxygen atoms in total. The van der Waals surface area contributed by atoms with Crippen molar-refractivity contribution in [2.45, 2.75) is 18.7 Å². The molecule has 1 amide bonds. The second-order valence-electron chi connectivity index (χ2n) is 7.90. The molecule has 0 atom stereocenters. The Hall–Kier alpha value is -3.75. The Morgan fingerprint density at radius 3 is 2.29 bits per heavy atom. The zero-order valence-corrected chi connectivity index (χ0v) is 19.6. The molecule has 4 rings (SSSR count). The molecule has 8 heteroatoms. The van der Waals surface area contributed by atoms with Gasteiger partial charge in [0.25, 0.3) is 5.91 Å². The van der Waals surface area contributed by atoms with E-state index in [-0.39, 0.29) is 34.6 Å². The minimum absolute atomic E-state index is 0.00500. The van der Waals surface area contributed by atoms with Gasteiger partial charge in [0.1, 0.15) is 5.76 Å². The predicted molar refractivity (Wildman–Crippen MR) is 131 cm³/mol. The SMILES string of the molecule is Cc1ccc(S(=O)(=O)NCCNC(=O)c2cccc3c(=O)c(C)c(-c4ccccc4)oc23)cc1. The molecule has 0 unspecified atom stereocenters. The molecule has 0 saturated heterocycles. The Labute approximate surface area is 197 Å². The Balaban J connectivity index is 1.53. The standard InChI is InChI=1S/C26H24N2O5S/c1-17-11-13-20(14-12-17)34(31,32)28-16-15-27-26(30)22-10-6-9-21-23(29)18(2)24(33-25(21)22)19-7-4-3-5-8-19/h3-14,28H,15-16H2,1-2H3,(H,27,30). The second kappa shape index (κ2) is 9.62. The van der Waals surface area contributed by atoms with E-state index in [0.29, 0.717) is 16.7 Å². The van der Waals surface area contributed by atoms with Gasteiger partial charge in [-0.05, 0) is 38.1 Å². The maximum Gasteiger partial charge on any atom is 0.255 e. The first-order valence-corrected chi connectivity index (χ1v) is 12.2. The molecule has 2 N–H and O–H groups in total. The average molecular weight is 477 g/mol. The maximum absolute atomic E-state index is 13.0. The minimum Gasteiger partial charge on any atom is -0.455 e. The van der Waals surface area contributed by atoms with Gasteiger partial charge in [-0.2, -0.15) is 0 Å². The quantitative estimate of drug-likeness (QED) is 0.395. The molecule has 0 saturated carbocycles. The normalized spacial score (nSPS) is 11.5. The summed E-state index contributed by atoms with van der Waals surface area (Å²) in [5.74, 6) is -0.0599. The number of benzene rings is 3. The van der Waals surface area contributed by atoms with Crippen LogP contribution in [0.5, 0.6) is 0 Å². The molecule has 3 aromatic carbocycles. The van der Waals surface area contributed by atoms with E-state index in [1.165, 1.54) is 12.1 Å². The summed E-state index contributed by atoms with van der Waals surface area (Å²) < 4.78 is 33.3. The molecule has 1 aromatic heterocycles. The van der Waals surface area contributed by atoms with Crippen LogP contribution in [0.3, 0.4) is 0 Å². The number of sulfonamides is 1. The van der Waals surface area contributed by atoms with Gasteiger partial charge in [-0.25, -0.2) is 13.1 Å². The number of hydrogen-bond donors (Lipinski definition) is 2. The molecule has 0 radical (unpaired) electrons. The van der Waals surface area contributed by atoms with Gasteiger partial charge in [-0.3, -0.25) is 9.59 Å². The first-order chi connectivity index (χ1) is 16.3. The smallest absolute Gasteiger partial charge is 0.255 e. The average Bonchev–Trinajstić information content (AvgIpc) is 2.84. The summed E-state index contributed by atoms with van der Waals surface area (Å²) in [7, 11) is -3.68. The minimum atomic E-state index is -3.68. The third-order valence-electron chi connectivity index (χ3n) is 5.46. The Bertz CT molecular complexity index is 1510. The molecule has 0 aliphatic carbocycles. The number of carbonyl (C=O) groups is 1. The first-order valence-electron chi connectivity index (χ1n) is 10.7. The van der Waals surface area contributed by atoms with Gasteiger partial charge < -0.3 is 9.73 Å². The van der Waals surface area contributed by atoms with E-state index in [1.54, 1.807) is 37.3 Å². The van der Waals surface area contributed by atoms with Crippen LogP contribution in [0.2, 0.25) is 0 Å². The Kier molecular flexibility index (Phi) is 6.63. The molecule has 0 aliphatic rings. The van der Waals surface area contributed by atoms with Crippen LogP contribution in [-0.2, 0) is 10.0 Å². The van der Waals surface area contributed by atoms with E-state index in [1.807, 2.05) is 37.3 Å². The lowest BCUT2D eigenvalue weighted by atomic mass is 10.0. The van der Waals surface area contributed by atoms with Crippen LogP contribution < -0.4 is 15.5 Å². The fourth-order valence-electron chi connectivity index (χ4n) is 3.61. The van der Waals surface area contributed by atoms with Crippen LogP contribution in [-0.4, -0.2) is 27.4 Å². The number of carbonyl (C=O) groups excluding carboxylic acids is 1. The van der Waals surface area contributed by atoms with Crippen molar-refractivity contribution in [3.05, 3.63) is 99.7 Å². The second-order valence-corrected chi connectivity index (χ2v) is 9.67. The molecule has 34 heavy (non-hydrogen) atoms. The molecule has 1 heterocycles. The number of para-hydroxylation sites is 1. The summed E-state index contributed by atoms with van der Waals surface area (Å²) in [6.45, 7) is 3.63. The lowest BCUT2D eigenvalue weighted by Crippen LogP contribution is -2.34. The fourth-order valence-corrected chi connectivity index (χ4v) is 4.64. The summed E-state index contributed by atoms with van der Waals surface area (Å²) >= 11 is 0. The molecule has 174 valence electrons. The Morgan fingerprint density at radius 1 is 0.882 bits per heavy atom. The van der Waals surface area contributed by atoms with E-state index in [4.69, 9.17) is 4.42 Å². The predicted octanol–water partition coefficient (Wildman–Crippen LogP) is 3.79. The van der Waals surface area contributed by atoms with E-state index in [0.717, 1.165) is 11.1 Å². The van der Waals surface area contributed by atoms with Crippen LogP contribution in [0, 0.1) is 13.8 Å². The molecular weight excluding hydrogens is 452 g/mol. The van der Waals surface area contributed by atoms with Crippen LogP contribution in [0.15, 0.2) is 86.9 Å². The van der Waals surface area contributed by atoms with Crippen molar-refractivity contribution < 1.29 is 17.6 Å². The summed E-state index contributed by atoms with van der Waals surface area (Å²) in [4.78, 5) is 26.0. The van der Waals surface area contributed by atoms with Gasteiger partial charge in [0.2, 0.25) is 10.0 Å². The van der Waals surface area contributed by atoms with Crippen molar-refractivity contribution in [2.75, 3.05) is 13.1 Å². The highest BCUT2D eigenvalue weighted by molar-refractivity contribution is 7.89. The van der Waals surface area contributed by atoms with Gasteiger partial charge in [0.05, 0.1) is 15.8 Å². The summed E-state index contributed by atoms with van der Waals surface area (Å²) in [6, 6.07) is 20.5. The summed E-state index contributed by atoms with van der Waals surface area (Å²) in [5, 5.41) is 3.00. The van der Waals surface area contributed by atoms with Gasteiger partial charge in [-0.15, -0.1) is 0 Å². The summed E-state index contributed by atoms with van der Waals surface area (Å²) in [5.41, 5.74) is 2.34. The topological polar surface area (TPSA) is 105 Å².